The zero-order chi connectivity index (χ0) is 11.6. The first kappa shape index (κ1) is 13.0. The van der Waals surface area contributed by atoms with Gasteiger partial charge in [0.1, 0.15) is 5.75 Å². The first-order valence-corrected chi connectivity index (χ1v) is 6.29. The Morgan fingerprint density at radius 1 is 1.12 bits per heavy atom. The van der Waals surface area contributed by atoms with Gasteiger partial charge in [0.15, 0.2) is 0 Å². The van der Waals surface area contributed by atoms with Crippen LogP contribution in [0.5, 0.6) is 5.75 Å². The van der Waals surface area contributed by atoms with Gasteiger partial charge >= 0.3 is 0 Å². The van der Waals surface area contributed by atoms with Gasteiger partial charge in [0, 0.05) is 0 Å². The zero-order valence-corrected chi connectivity index (χ0v) is 10.5. The van der Waals surface area contributed by atoms with Crippen LogP contribution in [0.4, 0.5) is 0 Å². The summed E-state index contributed by atoms with van der Waals surface area (Å²) >= 11 is 0. The fourth-order valence-electron chi connectivity index (χ4n) is 1.57. The molecule has 16 heavy (non-hydrogen) atoms. The van der Waals surface area contributed by atoms with Gasteiger partial charge in [-0.1, -0.05) is 26.0 Å². The van der Waals surface area contributed by atoms with Crippen LogP contribution in [0.3, 0.4) is 0 Å². The molecule has 1 rings (SSSR count). The van der Waals surface area contributed by atoms with Crippen molar-refractivity contribution in [2.45, 2.75) is 33.1 Å². The highest BCUT2D eigenvalue weighted by molar-refractivity contribution is 5.27. The average molecular weight is 221 g/mol. The predicted molar refractivity (Wildman–Crippen MR) is 69.1 cm³/mol. The smallest absolute Gasteiger partial charge is 0.119 e. The van der Waals surface area contributed by atoms with E-state index in [-0.39, 0.29) is 0 Å². The number of hydrogen-bond donors (Lipinski definition) is 1. The standard InChI is InChI=1S/C14H23NO/c1-3-12-16-14-9-7-13(8-10-14)6-5-11-15-4-2/h7-10,15H,3-6,11-12H2,1-2H3. The molecule has 1 aromatic rings. The van der Waals surface area contributed by atoms with Gasteiger partial charge in [-0.3, -0.25) is 0 Å². The van der Waals surface area contributed by atoms with Crippen molar-refractivity contribution in [3.8, 4) is 5.75 Å². The van der Waals surface area contributed by atoms with Gasteiger partial charge in [0.2, 0.25) is 0 Å². The van der Waals surface area contributed by atoms with Crippen molar-refractivity contribution in [2.24, 2.45) is 0 Å². The lowest BCUT2D eigenvalue weighted by Gasteiger charge is -2.06. The second-order valence-electron chi connectivity index (χ2n) is 3.95. The molecule has 90 valence electrons. The molecule has 0 atom stereocenters. The normalized spacial score (nSPS) is 10.4. The summed E-state index contributed by atoms with van der Waals surface area (Å²) in [5.74, 6) is 0.984. The second kappa shape index (κ2) is 8.17. The highest BCUT2D eigenvalue weighted by atomic mass is 16.5. The van der Waals surface area contributed by atoms with Crippen LogP contribution in [0.15, 0.2) is 24.3 Å². The van der Waals surface area contributed by atoms with E-state index in [2.05, 4.69) is 43.4 Å². The molecule has 0 heterocycles. The third-order valence-electron chi connectivity index (χ3n) is 2.47. The molecule has 0 bridgehead atoms. The van der Waals surface area contributed by atoms with E-state index in [4.69, 9.17) is 4.74 Å². The van der Waals surface area contributed by atoms with Crippen LogP contribution in [0, 0.1) is 0 Å². The Kier molecular flexibility index (Phi) is 6.66. The first-order valence-electron chi connectivity index (χ1n) is 6.29. The van der Waals surface area contributed by atoms with Crippen molar-refractivity contribution in [1.29, 1.82) is 0 Å². The summed E-state index contributed by atoms with van der Waals surface area (Å²) in [5.41, 5.74) is 1.39. The van der Waals surface area contributed by atoms with E-state index in [1.807, 2.05) is 0 Å². The van der Waals surface area contributed by atoms with E-state index in [0.29, 0.717) is 0 Å². The Morgan fingerprint density at radius 3 is 2.50 bits per heavy atom. The lowest BCUT2D eigenvalue weighted by atomic mass is 10.1. The maximum absolute atomic E-state index is 5.54. The molecular formula is C14H23NO. The molecule has 0 saturated heterocycles. The third-order valence-corrected chi connectivity index (χ3v) is 2.47. The molecule has 0 aliphatic heterocycles. The van der Waals surface area contributed by atoms with Crippen LogP contribution in [-0.4, -0.2) is 19.7 Å². The van der Waals surface area contributed by atoms with E-state index < -0.39 is 0 Å². The molecule has 0 aliphatic carbocycles. The maximum atomic E-state index is 5.54. The molecule has 0 fully saturated rings. The van der Waals surface area contributed by atoms with Gasteiger partial charge in [0.05, 0.1) is 6.61 Å². The van der Waals surface area contributed by atoms with Crippen LogP contribution in [0.2, 0.25) is 0 Å². The fraction of sp³-hybridized carbons (Fsp3) is 0.571. The minimum absolute atomic E-state index is 0.805. The monoisotopic (exact) mass is 221 g/mol. The number of benzene rings is 1. The molecule has 2 heteroatoms. The van der Waals surface area contributed by atoms with E-state index >= 15 is 0 Å². The highest BCUT2D eigenvalue weighted by Gasteiger charge is 1.95. The molecule has 0 saturated carbocycles. The second-order valence-corrected chi connectivity index (χ2v) is 3.95. The van der Waals surface area contributed by atoms with E-state index in [1.54, 1.807) is 0 Å². The Morgan fingerprint density at radius 2 is 1.88 bits per heavy atom. The van der Waals surface area contributed by atoms with Crippen molar-refractivity contribution in [2.75, 3.05) is 19.7 Å². The van der Waals surface area contributed by atoms with Crippen LogP contribution in [-0.2, 0) is 6.42 Å². The zero-order valence-electron chi connectivity index (χ0n) is 10.5. The van der Waals surface area contributed by atoms with E-state index in [0.717, 1.165) is 38.3 Å². The minimum atomic E-state index is 0.805. The Balaban J connectivity index is 2.27. The van der Waals surface area contributed by atoms with Crippen molar-refractivity contribution in [3.63, 3.8) is 0 Å². The summed E-state index contributed by atoms with van der Waals surface area (Å²) in [4.78, 5) is 0. The molecule has 1 N–H and O–H groups in total. The Labute approximate surface area is 99.0 Å². The van der Waals surface area contributed by atoms with Crippen LogP contribution in [0.1, 0.15) is 32.3 Å². The lowest BCUT2D eigenvalue weighted by Crippen LogP contribution is -2.14. The molecule has 0 aromatic heterocycles. The van der Waals surface area contributed by atoms with Gasteiger partial charge < -0.3 is 10.1 Å². The summed E-state index contributed by atoms with van der Waals surface area (Å²) < 4.78 is 5.54. The number of aryl methyl sites for hydroxylation is 1. The number of ether oxygens (including phenoxy) is 1. The van der Waals surface area contributed by atoms with Crippen molar-refractivity contribution < 1.29 is 4.74 Å². The van der Waals surface area contributed by atoms with Crippen molar-refractivity contribution >= 4 is 0 Å². The molecule has 1 aromatic carbocycles. The molecule has 0 radical (unpaired) electrons. The van der Waals surface area contributed by atoms with Gasteiger partial charge in [-0.2, -0.15) is 0 Å². The lowest BCUT2D eigenvalue weighted by molar-refractivity contribution is 0.317. The maximum Gasteiger partial charge on any atom is 0.119 e. The Hall–Kier alpha value is -1.02. The molecule has 0 aliphatic rings. The van der Waals surface area contributed by atoms with Crippen LogP contribution in [0.25, 0.3) is 0 Å². The fourth-order valence-corrected chi connectivity index (χ4v) is 1.57. The molecule has 2 nitrogen and oxygen atoms in total. The SMILES string of the molecule is CCCOc1ccc(CCCNCC)cc1. The molecule has 0 amide bonds. The number of rotatable bonds is 8. The topological polar surface area (TPSA) is 21.3 Å². The van der Waals surface area contributed by atoms with Gasteiger partial charge in [0.25, 0.3) is 0 Å². The summed E-state index contributed by atoms with van der Waals surface area (Å²) in [5, 5.41) is 3.33. The molecule has 0 unspecified atom stereocenters. The summed E-state index contributed by atoms with van der Waals surface area (Å²) in [7, 11) is 0. The highest BCUT2D eigenvalue weighted by Crippen LogP contribution is 2.13. The summed E-state index contributed by atoms with van der Waals surface area (Å²) in [6.07, 6.45) is 3.40. The molecule has 0 spiro atoms. The quantitative estimate of drug-likeness (QED) is 0.681. The minimum Gasteiger partial charge on any atom is -0.494 e. The van der Waals surface area contributed by atoms with Gasteiger partial charge in [-0.15, -0.1) is 0 Å². The van der Waals surface area contributed by atoms with Crippen LogP contribution < -0.4 is 10.1 Å². The Bertz CT molecular complexity index is 269. The largest absolute Gasteiger partial charge is 0.494 e. The van der Waals surface area contributed by atoms with E-state index in [9.17, 15) is 0 Å². The summed E-state index contributed by atoms with van der Waals surface area (Å²) in [6.45, 7) is 7.23. The van der Waals surface area contributed by atoms with E-state index in [1.165, 1.54) is 12.0 Å². The van der Waals surface area contributed by atoms with Crippen LogP contribution >= 0.6 is 0 Å². The number of hydrogen-bond acceptors (Lipinski definition) is 2. The molecular weight excluding hydrogens is 198 g/mol. The van der Waals surface area contributed by atoms with Gasteiger partial charge in [-0.05, 0) is 50.0 Å². The van der Waals surface area contributed by atoms with Crippen molar-refractivity contribution in [3.05, 3.63) is 29.8 Å². The summed E-state index contributed by atoms with van der Waals surface area (Å²) in [6, 6.07) is 8.46. The van der Waals surface area contributed by atoms with Gasteiger partial charge in [-0.25, -0.2) is 0 Å². The van der Waals surface area contributed by atoms with Crippen molar-refractivity contribution in [1.82, 2.24) is 5.32 Å². The first-order chi connectivity index (χ1) is 7.86. The number of nitrogens with one attached hydrogen (secondary N) is 1. The average Bonchev–Trinajstić information content (AvgIpc) is 2.33. The third kappa shape index (κ3) is 5.17. The predicted octanol–water partition coefficient (Wildman–Crippen LogP) is 3.02.